The second kappa shape index (κ2) is 6.08. The molecule has 0 bridgehead atoms. The van der Waals surface area contributed by atoms with Crippen LogP contribution in [-0.2, 0) is 14.2 Å². The number of likely N-dealkylation sites (N-methyl/N-ethyl adjacent to an activating group) is 1. The molecule has 0 aromatic carbocycles. The Bertz CT molecular complexity index is 285. The van der Waals surface area contributed by atoms with Crippen molar-refractivity contribution in [3.05, 3.63) is 0 Å². The summed E-state index contributed by atoms with van der Waals surface area (Å²) in [7, 11) is 2.05. The Balaban J connectivity index is 1.64. The van der Waals surface area contributed by atoms with E-state index in [1.54, 1.807) is 0 Å². The number of rotatable bonds is 3. The molecule has 0 aromatic rings. The summed E-state index contributed by atoms with van der Waals surface area (Å²) in [6.07, 6.45) is 7.72. The molecule has 3 rings (SSSR count). The van der Waals surface area contributed by atoms with Crippen LogP contribution in [0.25, 0.3) is 0 Å². The Labute approximate surface area is 116 Å². The second-order valence-corrected chi connectivity index (χ2v) is 6.29. The van der Waals surface area contributed by atoms with Crippen molar-refractivity contribution < 1.29 is 14.2 Å². The van der Waals surface area contributed by atoms with Crippen LogP contribution < -0.4 is 5.32 Å². The molecule has 19 heavy (non-hydrogen) atoms. The fourth-order valence-corrected chi connectivity index (χ4v) is 4.18. The lowest BCUT2D eigenvalue weighted by Gasteiger charge is -2.43. The van der Waals surface area contributed by atoms with Gasteiger partial charge in [-0.05, 0) is 38.6 Å². The Kier molecular flexibility index (Phi) is 4.42. The minimum atomic E-state index is 0.188. The SMILES string of the molecule is CNC(C1CCOC2(CCCC2)C1)C1COCCO1. The quantitative estimate of drug-likeness (QED) is 0.847. The molecule has 1 spiro atoms. The van der Waals surface area contributed by atoms with Crippen LogP contribution in [0.3, 0.4) is 0 Å². The number of nitrogens with one attached hydrogen (secondary N) is 1. The standard InChI is InChI=1S/C15H27NO3/c1-16-14(13-11-17-8-9-18-13)12-4-7-19-15(10-12)5-2-3-6-15/h12-14,16H,2-11H2,1H3. The van der Waals surface area contributed by atoms with Gasteiger partial charge in [-0.2, -0.15) is 0 Å². The zero-order valence-corrected chi connectivity index (χ0v) is 12.0. The minimum absolute atomic E-state index is 0.188. The van der Waals surface area contributed by atoms with Gasteiger partial charge in [0.25, 0.3) is 0 Å². The molecule has 0 amide bonds. The maximum atomic E-state index is 6.14. The van der Waals surface area contributed by atoms with Crippen molar-refractivity contribution in [1.29, 1.82) is 0 Å². The first-order valence-corrected chi connectivity index (χ1v) is 7.84. The van der Waals surface area contributed by atoms with E-state index >= 15 is 0 Å². The lowest BCUT2D eigenvalue weighted by molar-refractivity contribution is -0.135. The number of ether oxygens (including phenoxy) is 3. The molecule has 2 heterocycles. The topological polar surface area (TPSA) is 39.7 Å². The maximum absolute atomic E-state index is 6.14. The van der Waals surface area contributed by atoms with Gasteiger partial charge in [-0.15, -0.1) is 0 Å². The first kappa shape index (κ1) is 13.8. The van der Waals surface area contributed by atoms with Gasteiger partial charge in [-0.25, -0.2) is 0 Å². The summed E-state index contributed by atoms with van der Waals surface area (Å²) in [4.78, 5) is 0. The molecule has 3 fully saturated rings. The summed E-state index contributed by atoms with van der Waals surface area (Å²) < 4.78 is 17.6. The molecule has 2 saturated heterocycles. The first-order valence-electron chi connectivity index (χ1n) is 7.84. The third kappa shape index (κ3) is 2.97. The van der Waals surface area contributed by atoms with Gasteiger partial charge in [0.1, 0.15) is 0 Å². The van der Waals surface area contributed by atoms with Crippen molar-refractivity contribution in [3.63, 3.8) is 0 Å². The molecule has 1 saturated carbocycles. The van der Waals surface area contributed by atoms with Crippen LogP contribution in [0.5, 0.6) is 0 Å². The van der Waals surface area contributed by atoms with E-state index in [2.05, 4.69) is 12.4 Å². The highest BCUT2D eigenvalue weighted by atomic mass is 16.6. The van der Waals surface area contributed by atoms with Crippen LogP contribution in [-0.4, -0.2) is 51.2 Å². The van der Waals surface area contributed by atoms with Crippen molar-refractivity contribution in [3.8, 4) is 0 Å². The molecule has 3 unspecified atom stereocenters. The molecule has 0 aromatic heterocycles. The molecule has 3 aliphatic rings. The predicted octanol–water partition coefficient (Wildman–Crippen LogP) is 1.73. The zero-order valence-electron chi connectivity index (χ0n) is 12.0. The summed E-state index contributed by atoms with van der Waals surface area (Å²) in [5.41, 5.74) is 0.188. The Hall–Kier alpha value is -0.160. The molecule has 4 heteroatoms. The molecule has 1 aliphatic carbocycles. The van der Waals surface area contributed by atoms with E-state index in [1.165, 1.54) is 32.1 Å². The van der Waals surface area contributed by atoms with Gasteiger partial charge in [0.15, 0.2) is 0 Å². The normalized spacial score (nSPS) is 36.5. The van der Waals surface area contributed by atoms with E-state index in [-0.39, 0.29) is 11.7 Å². The van der Waals surface area contributed by atoms with Gasteiger partial charge in [0.2, 0.25) is 0 Å². The highest BCUT2D eigenvalue weighted by Crippen LogP contribution is 2.43. The summed E-state index contributed by atoms with van der Waals surface area (Å²) in [6, 6.07) is 0.404. The number of hydrogen-bond donors (Lipinski definition) is 1. The maximum Gasteiger partial charge on any atom is 0.0964 e. The van der Waals surface area contributed by atoms with Crippen LogP contribution in [0, 0.1) is 5.92 Å². The molecule has 110 valence electrons. The fourth-order valence-electron chi connectivity index (χ4n) is 4.18. The van der Waals surface area contributed by atoms with Crippen molar-refractivity contribution >= 4 is 0 Å². The van der Waals surface area contributed by atoms with Gasteiger partial charge < -0.3 is 19.5 Å². The Morgan fingerprint density at radius 1 is 1.16 bits per heavy atom. The minimum Gasteiger partial charge on any atom is -0.376 e. The van der Waals surface area contributed by atoms with Crippen LogP contribution in [0.15, 0.2) is 0 Å². The van der Waals surface area contributed by atoms with Crippen molar-refractivity contribution in [1.82, 2.24) is 5.32 Å². The first-order chi connectivity index (χ1) is 9.33. The monoisotopic (exact) mass is 269 g/mol. The van der Waals surface area contributed by atoms with Gasteiger partial charge in [0, 0.05) is 12.6 Å². The second-order valence-electron chi connectivity index (χ2n) is 6.29. The van der Waals surface area contributed by atoms with Gasteiger partial charge in [0.05, 0.1) is 31.5 Å². The predicted molar refractivity (Wildman–Crippen MR) is 73.3 cm³/mol. The van der Waals surface area contributed by atoms with Crippen LogP contribution in [0.4, 0.5) is 0 Å². The third-order valence-electron chi connectivity index (χ3n) is 5.13. The molecule has 0 radical (unpaired) electrons. The smallest absolute Gasteiger partial charge is 0.0964 e. The van der Waals surface area contributed by atoms with Gasteiger partial charge >= 0.3 is 0 Å². The van der Waals surface area contributed by atoms with E-state index in [9.17, 15) is 0 Å². The lowest BCUT2D eigenvalue weighted by Crippen LogP contribution is -2.53. The van der Waals surface area contributed by atoms with Crippen LogP contribution in [0.1, 0.15) is 38.5 Å². The Morgan fingerprint density at radius 3 is 2.68 bits per heavy atom. The summed E-state index contributed by atoms with van der Waals surface area (Å²) in [5, 5.41) is 3.49. The average molecular weight is 269 g/mol. The molecular weight excluding hydrogens is 242 g/mol. The molecule has 3 atom stereocenters. The zero-order chi connectivity index (χ0) is 13.1. The summed E-state index contributed by atoms with van der Waals surface area (Å²) >= 11 is 0. The largest absolute Gasteiger partial charge is 0.376 e. The Morgan fingerprint density at radius 2 is 2.00 bits per heavy atom. The van der Waals surface area contributed by atoms with Crippen LogP contribution in [0.2, 0.25) is 0 Å². The molecule has 4 nitrogen and oxygen atoms in total. The number of hydrogen-bond acceptors (Lipinski definition) is 4. The van der Waals surface area contributed by atoms with E-state index in [0.717, 1.165) is 32.8 Å². The molecule has 2 aliphatic heterocycles. The van der Waals surface area contributed by atoms with E-state index in [0.29, 0.717) is 12.0 Å². The van der Waals surface area contributed by atoms with Gasteiger partial charge in [-0.3, -0.25) is 0 Å². The molecule has 1 N–H and O–H groups in total. The average Bonchev–Trinajstić information content (AvgIpc) is 2.89. The summed E-state index contributed by atoms with van der Waals surface area (Å²) in [5.74, 6) is 0.656. The van der Waals surface area contributed by atoms with E-state index in [1.807, 2.05) is 0 Å². The highest BCUT2D eigenvalue weighted by molar-refractivity contribution is 4.96. The van der Waals surface area contributed by atoms with Crippen LogP contribution >= 0.6 is 0 Å². The fraction of sp³-hybridized carbons (Fsp3) is 1.00. The van der Waals surface area contributed by atoms with Gasteiger partial charge in [-0.1, -0.05) is 12.8 Å². The summed E-state index contributed by atoms with van der Waals surface area (Å²) in [6.45, 7) is 3.12. The highest BCUT2D eigenvalue weighted by Gasteiger charge is 2.43. The third-order valence-corrected chi connectivity index (χ3v) is 5.13. The van der Waals surface area contributed by atoms with Crippen molar-refractivity contribution in [2.45, 2.75) is 56.3 Å². The molecular formula is C15H27NO3. The van der Waals surface area contributed by atoms with Crippen molar-refractivity contribution in [2.75, 3.05) is 33.5 Å². The lowest BCUT2D eigenvalue weighted by atomic mass is 9.79. The van der Waals surface area contributed by atoms with Crippen molar-refractivity contribution in [2.24, 2.45) is 5.92 Å². The van der Waals surface area contributed by atoms with E-state index < -0.39 is 0 Å². The van der Waals surface area contributed by atoms with E-state index in [4.69, 9.17) is 14.2 Å².